The average Bonchev–Trinajstić information content (AvgIpc) is 2.54. The van der Waals surface area contributed by atoms with E-state index in [-0.39, 0.29) is 0 Å². The Hall–Kier alpha value is -0.870. The molecule has 2 aromatic heterocycles. The Bertz CT molecular complexity index is 370. The van der Waals surface area contributed by atoms with Gasteiger partial charge in [0, 0.05) is 11.6 Å². The highest BCUT2D eigenvalue weighted by molar-refractivity contribution is 7.80. The minimum atomic E-state index is 0.751. The number of thiol groups is 1. The molecule has 2 heterocycles. The van der Waals surface area contributed by atoms with Crippen molar-refractivity contribution in [2.24, 2.45) is 0 Å². The van der Waals surface area contributed by atoms with Gasteiger partial charge in [0.15, 0.2) is 0 Å². The van der Waals surface area contributed by atoms with E-state index in [9.17, 15) is 0 Å². The van der Waals surface area contributed by atoms with E-state index >= 15 is 0 Å². The molecule has 0 amide bonds. The van der Waals surface area contributed by atoms with Gasteiger partial charge in [0.25, 0.3) is 0 Å². The van der Waals surface area contributed by atoms with E-state index < -0.39 is 0 Å². The summed E-state index contributed by atoms with van der Waals surface area (Å²) in [4.78, 5) is 8.38. The minimum absolute atomic E-state index is 0.751. The quantitative estimate of drug-likeness (QED) is 0.706. The summed E-state index contributed by atoms with van der Waals surface area (Å²) in [6, 6.07) is 5.77. The van der Waals surface area contributed by atoms with Gasteiger partial charge >= 0.3 is 0 Å². The number of pyridine rings is 1. The predicted molar refractivity (Wildman–Crippen MR) is 52.6 cm³/mol. The minimum Gasteiger partial charge on any atom is -0.254 e. The number of nitrogens with zero attached hydrogens (tertiary/aromatic N) is 2. The molecule has 0 N–H and O–H groups in total. The molecule has 0 unspecified atom stereocenters. The number of hydrogen-bond donors (Lipinski definition) is 1. The smallest absolute Gasteiger partial charge is 0.143 e. The summed E-state index contributed by atoms with van der Waals surface area (Å²) in [6.07, 6.45) is 1.76. The molecule has 0 aliphatic carbocycles. The lowest BCUT2D eigenvalue weighted by Gasteiger charge is -1.91. The van der Waals surface area contributed by atoms with Crippen LogP contribution in [0.5, 0.6) is 0 Å². The second kappa shape index (κ2) is 3.25. The van der Waals surface area contributed by atoms with Crippen molar-refractivity contribution in [2.75, 3.05) is 0 Å². The highest BCUT2D eigenvalue weighted by Gasteiger charge is 2.01. The normalized spacial score (nSPS) is 10.1. The topological polar surface area (TPSA) is 25.8 Å². The highest BCUT2D eigenvalue weighted by atomic mass is 32.1. The molecule has 0 aliphatic rings. The van der Waals surface area contributed by atoms with E-state index in [1.165, 1.54) is 0 Å². The number of rotatable bonds is 1. The van der Waals surface area contributed by atoms with Crippen LogP contribution in [0.15, 0.2) is 34.8 Å². The molecular weight excluding hydrogens is 188 g/mol. The van der Waals surface area contributed by atoms with Gasteiger partial charge in [-0.2, -0.15) is 0 Å². The van der Waals surface area contributed by atoms with Gasteiger partial charge in [-0.3, -0.25) is 4.98 Å². The molecule has 0 aromatic carbocycles. The second-order valence-corrected chi connectivity index (χ2v) is 3.54. The van der Waals surface area contributed by atoms with Crippen LogP contribution in [0.4, 0.5) is 0 Å². The first-order chi connectivity index (χ1) is 5.86. The summed E-state index contributed by atoms with van der Waals surface area (Å²) in [5.74, 6) is 0. The first-order valence-electron chi connectivity index (χ1n) is 3.42. The maximum absolute atomic E-state index is 4.20. The zero-order chi connectivity index (χ0) is 8.39. The van der Waals surface area contributed by atoms with Crippen LogP contribution in [0.25, 0.3) is 10.7 Å². The number of thiazole rings is 1. The summed E-state index contributed by atoms with van der Waals surface area (Å²) in [7, 11) is 0. The van der Waals surface area contributed by atoms with E-state index in [4.69, 9.17) is 0 Å². The zero-order valence-electron chi connectivity index (χ0n) is 6.14. The van der Waals surface area contributed by atoms with Crippen molar-refractivity contribution in [3.05, 3.63) is 29.8 Å². The van der Waals surface area contributed by atoms with Crippen LogP contribution < -0.4 is 0 Å². The molecule has 0 saturated carbocycles. The fourth-order valence-corrected chi connectivity index (χ4v) is 1.86. The Balaban J connectivity index is 2.45. The van der Waals surface area contributed by atoms with E-state index in [1.54, 1.807) is 17.5 Å². The molecule has 0 saturated heterocycles. The number of hydrogen-bond acceptors (Lipinski definition) is 4. The molecule has 2 aromatic rings. The van der Waals surface area contributed by atoms with Gasteiger partial charge in [-0.15, -0.1) is 24.0 Å². The van der Waals surface area contributed by atoms with E-state index in [1.807, 2.05) is 23.6 Å². The summed E-state index contributed by atoms with van der Waals surface area (Å²) >= 11 is 5.68. The lowest BCUT2D eigenvalue weighted by atomic mass is 10.4. The first-order valence-corrected chi connectivity index (χ1v) is 4.75. The lowest BCUT2D eigenvalue weighted by Crippen LogP contribution is -1.79. The second-order valence-electron chi connectivity index (χ2n) is 2.23. The highest BCUT2D eigenvalue weighted by Crippen LogP contribution is 2.22. The third kappa shape index (κ3) is 1.49. The Kier molecular flexibility index (Phi) is 2.10. The summed E-state index contributed by atoms with van der Waals surface area (Å²) in [5.41, 5.74) is 0.905. The van der Waals surface area contributed by atoms with Crippen molar-refractivity contribution in [2.45, 2.75) is 5.03 Å². The van der Waals surface area contributed by atoms with Gasteiger partial charge in [-0.25, -0.2) is 4.98 Å². The van der Waals surface area contributed by atoms with Crippen molar-refractivity contribution < 1.29 is 0 Å². The van der Waals surface area contributed by atoms with Crippen LogP contribution in [0, 0.1) is 0 Å². The van der Waals surface area contributed by atoms with Gasteiger partial charge in [0.1, 0.15) is 10.0 Å². The van der Waals surface area contributed by atoms with Crippen LogP contribution in [-0.2, 0) is 0 Å². The Morgan fingerprint density at radius 3 is 2.83 bits per heavy atom. The molecular formula is C8H6N2S2. The maximum atomic E-state index is 4.20. The predicted octanol–water partition coefficient (Wildman–Crippen LogP) is 2.49. The van der Waals surface area contributed by atoms with Gasteiger partial charge in [-0.05, 0) is 12.1 Å². The van der Waals surface area contributed by atoms with E-state index in [2.05, 4.69) is 22.6 Å². The monoisotopic (exact) mass is 194 g/mol. The molecule has 0 bridgehead atoms. The van der Waals surface area contributed by atoms with Crippen molar-refractivity contribution in [1.82, 2.24) is 9.97 Å². The van der Waals surface area contributed by atoms with E-state index in [0.717, 1.165) is 15.7 Å². The summed E-state index contributed by atoms with van der Waals surface area (Å²) < 4.78 is 0. The van der Waals surface area contributed by atoms with Crippen LogP contribution in [0.1, 0.15) is 0 Å². The van der Waals surface area contributed by atoms with Crippen molar-refractivity contribution in [1.29, 1.82) is 0 Å². The van der Waals surface area contributed by atoms with Crippen molar-refractivity contribution in [3.8, 4) is 10.7 Å². The maximum Gasteiger partial charge on any atom is 0.143 e. The lowest BCUT2D eigenvalue weighted by molar-refractivity contribution is 1.19. The molecule has 2 rings (SSSR count). The fourth-order valence-electron chi connectivity index (χ4n) is 0.872. The molecule has 0 aliphatic heterocycles. The summed E-state index contributed by atoms with van der Waals surface area (Å²) in [6.45, 7) is 0. The average molecular weight is 194 g/mol. The zero-order valence-corrected chi connectivity index (χ0v) is 7.85. The van der Waals surface area contributed by atoms with E-state index in [0.29, 0.717) is 0 Å². The van der Waals surface area contributed by atoms with Gasteiger partial charge in [0.2, 0.25) is 0 Å². The summed E-state index contributed by atoms with van der Waals surface area (Å²) in [5, 5.41) is 3.56. The van der Waals surface area contributed by atoms with Crippen LogP contribution in [0.3, 0.4) is 0 Å². The van der Waals surface area contributed by atoms with Crippen LogP contribution >= 0.6 is 24.0 Å². The molecule has 60 valence electrons. The molecule has 2 nitrogen and oxygen atoms in total. The standard InChI is InChI=1S/C8H6N2S2/c11-7-5-12-8(10-7)6-3-1-2-4-9-6/h1-5,11H. The Labute approximate surface area is 79.7 Å². The SMILES string of the molecule is Sc1csc(-c2ccccn2)n1. The molecule has 0 atom stereocenters. The molecule has 0 radical (unpaired) electrons. The molecule has 0 spiro atoms. The third-order valence-corrected chi connectivity index (χ3v) is 2.64. The van der Waals surface area contributed by atoms with Gasteiger partial charge in [0.05, 0.1) is 5.69 Å². The Morgan fingerprint density at radius 1 is 1.33 bits per heavy atom. The van der Waals surface area contributed by atoms with Crippen LogP contribution in [0.2, 0.25) is 0 Å². The largest absolute Gasteiger partial charge is 0.254 e. The first kappa shape index (κ1) is 7.76. The molecule has 12 heavy (non-hydrogen) atoms. The third-order valence-electron chi connectivity index (χ3n) is 1.38. The van der Waals surface area contributed by atoms with Crippen molar-refractivity contribution >= 4 is 24.0 Å². The molecule has 0 fully saturated rings. The fraction of sp³-hybridized carbons (Fsp3) is 0. The molecule has 4 heteroatoms. The number of aromatic nitrogens is 2. The van der Waals surface area contributed by atoms with Crippen LogP contribution in [-0.4, -0.2) is 9.97 Å². The van der Waals surface area contributed by atoms with Gasteiger partial charge in [-0.1, -0.05) is 6.07 Å². The Morgan fingerprint density at radius 2 is 2.25 bits per heavy atom. The van der Waals surface area contributed by atoms with Gasteiger partial charge < -0.3 is 0 Å². The van der Waals surface area contributed by atoms with Crippen molar-refractivity contribution in [3.63, 3.8) is 0 Å².